The van der Waals surface area contributed by atoms with E-state index in [4.69, 9.17) is 30.4 Å². The van der Waals surface area contributed by atoms with E-state index in [0.29, 0.717) is 6.42 Å². The zero-order chi connectivity index (χ0) is 49.9. The summed E-state index contributed by atoms with van der Waals surface area (Å²) in [6, 6.07) is -7.09. The smallest absolute Gasteiger partial charge is 0.330 e. The maximum absolute atomic E-state index is 13.9. The van der Waals surface area contributed by atoms with Crippen molar-refractivity contribution in [2.24, 2.45) is 28.3 Å². The molecule has 2 fully saturated rings. The Labute approximate surface area is 383 Å². The number of aromatic nitrogens is 2. The van der Waals surface area contributed by atoms with Crippen molar-refractivity contribution in [2.75, 3.05) is 33.3 Å². The second-order valence-corrected chi connectivity index (χ2v) is 16.8. The average Bonchev–Trinajstić information content (AvgIpc) is 3.75. The minimum atomic E-state index is -1.91. The Kier molecular flexibility index (Phi) is 20.0. The molecule has 28 heteroatoms. The predicted molar refractivity (Wildman–Crippen MR) is 231 cm³/mol. The monoisotopic (exact) mass is 959 g/mol. The molecule has 1 aromatic heterocycles. The maximum atomic E-state index is 13.9. The molecule has 378 valence electrons. The Hall–Kier alpha value is -5.30. The lowest BCUT2D eigenvalue weighted by Gasteiger charge is -2.34. The maximum Gasteiger partial charge on any atom is 0.330 e. The number of nitrogens with one attached hydrogen (secondary N) is 7. The largest absolute Gasteiger partial charge is 0.480 e. The molecule has 28 nitrogen and oxygen atoms in total. The number of rotatable bonds is 24. The Morgan fingerprint density at radius 1 is 0.955 bits per heavy atom. The van der Waals surface area contributed by atoms with E-state index in [0.717, 1.165) is 16.8 Å². The standard InChI is InChI=1S/C39H65N11O17/c1-6-16(4)20(34(58)59)48-38(62)49-21(17-8-12-44-37(41)45-17)32(57)47-22(24(52)15(2)3)31(56)43-11-7-10-42-23(35(60)61)28(67-36-30(64-5)25(53)18(14-40)65-36)29-26(54)27(55)33(66-29)50-13-9-19(51)46-39(50)63/h9,13,15-18,20-30,33,36,42,52-55H,6-8,10-12,14,40H2,1-5H3,(H,43,56)(H,47,57)(H,58,59)(H,60,61)(H3,41,44,45)(H,46,51,63)(H2,48,49,62). The van der Waals surface area contributed by atoms with Crippen LogP contribution in [-0.2, 0) is 38.1 Å². The van der Waals surface area contributed by atoms with Crippen LogP contribution in [0.5, 0.6) is 0 Å². The van der Waals surface area contributed by atoms with E-state index in [1.807, 2.05) is 4.98 Å². The summed E-state index contributed by atoms with van der Waals surface area (Å²) in [5.74, 6) is -5.77. The van der Waals surface area contributed by atoms with Crippen LogP contribution in [0.25, 0.3) is 0 Å². The molecule has 0 bridgehead atoms. The Morgan fingerprint density at radius 3 is 2.22 bits per heavy atom. The van der Waals surface area contributed by atoms with Gasteiger partial charge in [-0.3, -0.25) is 33.7 Å². The number of aliphatic carboxylic acids is 2. The molecule has 0 aliphatic carbocycles. The van der Waals surface area contributed by atoms with Gasteiger partial charge in [-0.05, 0) is 31.2 Å². The minimum Gasteiger partial charge on any atom is -0.480 e. The van der Waals surface area contributed by atoms with Crippen LogP contribution in [0.2, 0.25) is 0 Å². The van der Waals surface area contributed by atoms with Crippen LogP contribution in [0.15, 0.2) is 26.8 Å². The molecule has 17 N–H and O–H groups in total. The Bertz CT molecular complexity index is 2010. The first-order chi connectivity index (χ1) is 31.6. The lowest BCUT2D eigenvalue weighted by molar-refractivity contribution is -0.231. The van der Waals surface area contributed by atoms with Gasteiger partial charge in [0.15, 0.2) is 18.5 Å². The fraction of sp³-hybridized carbons (Fsp3) is 0.744. The highest BCUT2D eigenvalue weighted by Gasteiger charge is 2.54. The number of aliphatic imine (C=N–C) groups is 1. The highest BCUT2D eigenvalue weighted by atomic mass is 16.7. The van der Waals surface area contributed by atoms with Crippen LogP contribution in [0.3, 0.4) is 0 Å². The summed E-state index contributed by atoms with van der Waals surface area (Å²) >= 11 is 0. The van der Waals surface area contributed by atoms with Crippen LogP contribution in [0, 0.1) is 11.8 Å². The molecule has 0 saturated carbocycles. The third kappa shape index (κ3) is 13.7. The fourth-order valence-electron chi connectivity index (χ4n) is 7.76. The van der Waals surface area contributed by atoms with Gasteiger partial charge in [0.1, 0.15) is 66.9 Å². The zero-order valence-corrected chi connectivity index (χ0v) is 37.6. The molecule has 3 aliphatic heterocycles. The number of nitrogens with two attached hydrogens (primary N) is 2. The quantitative estimate of drug-likeness (QED) is 0.0428. The first-order valence-electron chi connectivity index (χ1n) is 21.8. The molecule has 0 radical (unpaired) electrons. The second kappa shape index (κ2) is 24.6. The summed E-state index contributed by atoms with van der Waals surface area (Å²) < 4.78 is 23.8. The Morgan fingerprint density at radius 2 is 1.64 bits per heavy atom. The molecule has 3 aliphatic rings. The van der Waals surface area contributed by atoms with E-state index in [1.54, 1.807) is 27.7 Å². The summed E-state index contributed by atoms with van der Waals surface area (Å²) in [5, 5.41) is 79.8. The van der Waals surface area contributed by atoms with Crippen molar-refractivity contribution in [1.82, 2.24) is 41.5 Å². The summed E-state index contributed by atoms with van der Waals surface area (Å²) in [6.07, 6.45) is -13.9. The SMILES string of the molecule is CCC(C)C(NC(=O)NC(C(=O)NC(C(=O)NCCCNC(C(=O)O)C(OC1OC(CN)C(O)C1OC)C1OC(n2ccc(=O)[nH]c2=O)C(O)C1O)C(O)C(C)C)C1CCN=C(N)N1)C(=O)O. The number of methoxy groups -OCH3 is 1. The van der Waals surface area contributed by atoms with Crippen molar-refractivity contribution in [1.29, 1.82) is 0 Å². The second-order valence-electron chi connectivity index (χ2n) is 16.8. The van der Waals surface area contributed by atoms with E-state index >= 15 is 0 Å². The van der Waals surface area contributed by atoms with Gasteiger partial charge in [0.2, 0.25) is 11.8 Å². The molecule has 0 spiro atoms. The molecule has 4 heterocycles. The van der Waals surface area contributed by atoms with Crippen LogP contribution >= 0.6 is 0 Å². The fourth-order valence-corrected chi connectivity index (χ4v) is 7.76. The van der Waals surface area contributed by atoms with Gasteiger partial charge in [-0.2, -0.15) is 0 Å². The number of aliphatic hydroxyl groups is 4. The first kappa shape index (κ1) is 54.3. The number of ether oxygens (including phenoxy) is 4. The van der Waals surface area contributed by atoms with Crippen molar-refractivity contribution in [3.05, 3.63) is 33.1 Å². The van der Waals surface area contributed by atoms with E-state index in [-0.39, 0.29) is 45.0 Å². The van der Waals surface area contributed by atoms with Gasteiger partial charge in [0, 0.05) is 39.0 Å². The van der Waals surface area contributed by atoms with Gasteiger partial charge in [0.05, 0.1) is 12.1 Å². The topological polar surface area (TPSA) is 435 Å². The average molecular weight is 960 g/mol. The van der Waals surface area contributed by atoms with Crippen LogP contribution < -0.4 is 54.6 Å². The molecule has 4 rings (SSSR count). The molecular weight excluding hydrogens is 894 g/mol. The first-order valence-corrected chi connectivity index (χ1v) is 21.8. The lowest BCUT2D eigenvalue weighted by atomic mass is 9.97. The molecule has 2 saturated heterocycles. The Balaban J connectivity index is 1.50. The summed E-state index contributed by atoms with van der Waals surface area (Å²) in [7, 11) is 1.23. The number of nitrogens with zero attached hydrogens (tertiary/aromatic N) is 2. The summed E-state index contributed by atoms with van der Waals surface area (Å²) in [5.41, 5.74) is 9.82. The van der Waals surface area contributed by atoms with E-state index < -0.39 is 144 Å². The number of H-pyrrole nitrogens is 1. The molecule has 1 aromatic rings. The molecule has 4 amide bonds. The highest BCUT2D eigenvalue weighted by Crippen LogP contribution is 2.35. The van der Waals surface area contributed by atoms with Gasteiger partial charge in [-0.15, -0.1) is 0 Å². The third-order valence-electron chi connectivity index (χ3n) is 11.8. The summed E-state index contributed by atoms with van der Waals surface area (Å²) in [4.78, 5) is 96.0. The predicted octanol–water partition coefficient (Wildman–Crippen LogP) is -6.51. The zero-order valence-electron chi connectivity index (χ0n) is 37.6. The van der Waals surface area contributed by atoms with E-state index in [2.05, 4.69) is 36.9 Å². The van der Waals surface area contributed by atoms with Crippen molar-refractivity contribution < 1.29 is 73.6 Å². The number of carbonyl (C=O) groups is 5. The molecule has 16 atom stereocenters. The lowest BCUT2D eigenvalue weighted by Crippen LogP contribution is -2.66. The number of aliphatic hydroxyl groups excluding tert-OH is 4. The molecule has 16 unspecified atom stereocenters. The minimum absolute atomic E-state index is 0.0166. The van der Waals surface area contributed by atoms with Gasteiger partial charge < -0.3 is 93.0 Å². The van der Waals surface area contributed by atoms with Crippen LogP contribution in [-0.4, -0.2) is 195 Å². The van der Waals surface area contributed by atoms with Gasteiger partial charge in [0.25, 0.3) is 5.56 Å². The van der Waals surface area contributed by atoms with Gasteiger partial charge in [-0.1, -0.05) is 34.1 Å². The molecular formula is C39H65N11O17. The summed E-state index contributed by atoms with van der Waals surface area (Å²) in [6.45, 7) is 6.12. The van der Waals surface area contributed by atoms with Gasteiger partial charge in [-0.25, -0.2) is 14.4 Å². The van der Waals surface area contributed by atoms with Crippen molar-refractivity contribution >= 4 is 35.7 Å². The van der Waals surface area contributed by atoms with Crippen molar-refractivity contribution in [3.63, 3.8) is 0 Å². The highest BCUT2D eigenvalue weighted by molar-refractivity contribution is 5.94. The number of carboxylic acids is 2. The molecule has 67 heavy (non-hydrogen) atoms. The normalized spacial score (nSPS) is 28.2. The number of amides is 4. The van der Waals surface area contributed by atoms with E-state index in [9.17, 15) is 64.2 Å². The number of hydrogen-bond donors (Lipinski definition) is 15. The number of guanidine groups is 1. The number of aromatic amines is 1. The number of hydrogen-bond acceptors (Lipinski definition) is 20. The van der Waals surface area contributed by atoms with Crippen LogP contribution in [0.1, 0.15) is 53.2 Å². The van der Waals surface area contributed by atoms with Crippen molar-refractivity contribution in [2.45, 2.75) is 139 Å². The number of carboxylic acid groups (broad SMARTS) is 2. The van der Waals surface area contributed by atoms with Crippen molar-refractivity contribution in [3.8, 4) is 0 Å². The van der Waals surface area contributed by atoms with E-state index in [1.165, 1.54) is 7.11 Å². The van der Waals surface area contributed by atoms with Gasteiger partial charge >= 0.3 is 23.7 Å². The number of urea groups is 1. The number of carbonyl (C=O) groups excluding carboxylic acids is 3. The van der Waals surface area contributed by atoms with Crippen LogP contribution in [0.4, 0.5) is 4.79 Å². The molecule has 0 aromatic carbocycles. The third-order valence-corrected chi connectivity index (χ3v) is 11.8.